The van der Waals surface area contributed by atoms with Gasteiger partial charge in [-0.05, 0) is 12.1 Å². The standard InChI is InChI=1S/C8H7F3N4O/c9-8(10,11)7(16)13-15-6-4-2-1-3-5(6)12-14-15/h1-4,12,14H,(H,13,16). The molecule has 0 fully saturated rings. The third kappa shape index (κ3) is 1.87. The molecule has 0 saturated carbocycles. The molecule has 0 aliphatic carbocycles. The SMILES string of the molecule is O=C(NN1NNc2ccccc21)C(F)(F)F. The number of hydrazine groups is 3. The van der Waals surface area contributed by atoms with Crippen LogP contribution in [0, 0.1) is 0 Å². The average Bonchev–Trinajstić information content (AvgIpc) is 2.61. The summed E-state index contributed by atoms with van der Waals surface area (Å²) in [4.78, 5) is 10.7. The first-order chi connectivity index (χ1) is 7.48. The van der Waals surface area contributed by atoms with Crippen LogP contribution in [0.15, 0.2) is 24.3 Å². The van der Waals surface area contributed by atoms with Gasteiger partial charge in [-0.1, -0.05) is 12.1 Å². The van der Waals surface area contributed by atoms with E-state index in [1.54, 1.807) is 29.7 Å². The first kappa shape index (κ1) is 10.6. The number of hydrogen-bond donors (Lipinski definition) is 3. The van der Waals surface area contributed by atoms with Crippen molar-refractivity contribution in [2.45, 2.75) is 6.18 Å². The van der Waals surface area contributed by atoms with Crippen LogP contribution in [0.25, 0.3) is 0 Å². The van der Waals surface area contributed by atoms with Crippen molar-refractivity contribution >= 4 is 17.3 Å². The van der Waals surface area contributed by atoms with E-state index in [-0.39, 0.29) is 0 Å². The lowest BCUT2D eigenvalue weighted by Gasteiger charge is -2.19. The van der Waals surface area contributed by atoms with Gasteiger partial charge in [-0.2, -0.15) is 18.3 Å². The summed E-state index contributed by atoms with van der Waals surface area (Å²) in [6, 6.07) is 6.56. The Bertz CT molecular complexity index is 420. The summed E-state index contributed by atoms with van der Waals surface area (Å²) in [5, 5.41) is 0.866. The molecule has 86 valence electrons. The second-order valence-electron chi connectivity index (χ2n) is 3.03. The highest BCUT2D eigenvalue weighted by Crippen LogP contribution is 2.27. The lowest BCUT2D eigenvalue weighted by Crippen LogP contribution is -2.53. The number of carbonyl (C=O) groups is 1. The Morgan fingerprint density at radius 3 is 2.69 bits per heavy atom. The van der Waals surface area contributed by atoms with E-state index in [9.17, 15) is 18.0 Å². The van der Waals surface area contributed by atoms with Crippen molar-refractivity contribution in [2.75, 3.05) is 10.5 Å². The number of hydrogen-bond acceptors (Lipinski definition) is 4. The van der Waals surface area contributed by atoms with Crippen molar-refractivity contribution in [1.82, 2.24) is 11.0 Å². The summed E-state index contributed by atoms with van der Waals surface area (Å²) in [6.45, 7) is 0. The van der Waals surface area contributed by atoms with Crippen molar-refractivity contribution < 1.29 is 18.0 Å². The highest BCUT2D eigenvalue weighted by Gasteiger charge is 2.40. The highest BCUT2D eigenvalue weighted by molar-refractivity contribution is 5.85. The van der Waals surface area contributed by atoms with Gasteiger partial charge in [0.15, 0.2) is 0 Å². The molecule has 0 unspecified atom stereocenters. The molecule has 0 aromatic heterocycles. The van der Waals surface area contributed by atoms with Gasteiger partial charge in [0, 0.05) is 0 Å². The Morgan fingerprint density at radius 1 is 1.31 bits per heavy atom. The maximum atomic E-state index is 12.0. The number of benzene rings is 1. The zero-order valence-corrected chi connectivity index (χ0v) is 7.80. The fourth-order valence-electron chi connectivity index (χ4n) is 1.20. The number of fused-ring (bicyclic) bond motifs is 1. The third-order valence-corrected chi connectivity index (χ3v) is 1.92. The van der Waals surface area contributed by atoms with E-state index in [2.05, 4.69) is 11.0 Å². The minimum Gasteiger partial charge on any atom is -0.300 e. The predicted molar refractivity (Wildman–Crippen MR) is 49.9 cm³/mol. The molecule has 1 aromatic rings. The average molecular weight is 232 g/mol. The maximum absolute atomic E-state index is 12.0. The molecule has 1 amide bonds. The lowest BCUT2D eigenvalue weighted by atomic mass is 10.3. The van der Waals surface area contributed by atoms with Crippen LogP contribution in [-0.4, -0.2) is 12.1 Å². The minimum absolute atomic E-state index is 0.403. The van der Waals surface area contributed by atoms with Gasteiger partial charge in [0.2, 0.25) is 0 Å². The summed E-state index contributed by atoms with van der Waals surface area (Å²) >= 11 is 0. The normalized spacial score (nSPS) is 14.3. The van der Waals surface area contributed by atoms with Crippen molar-refractivity contribution in [3.8, 4) is 0 Å². The first-order valence-electron chi connectivity index (χ1n) is 4.27. The third-order valence-electron chi connectivity index (χ3n) is 1.92. The molecule has 1 aliphatic heterocycles. The van der Waals surface area contributed by atoms with Gasteiger partial charge in [0.1, 0.15) is 5.69 Å². The molecule has 1 heterocycles. The van der Waals surface area contributed by atoms with Crippen LogP contribution >= 0.6 is 0 Å². The molecule has 0 saturated heterocycles. The summed E-state index contributed by atoms with van der Waals surface area (Å²) in [6.07, 6.45) is -4.92. The predicted octanol–water partition coefficient (Wildman–Crippen LogP) is 0.932. The Kier molecular flexibility index (Phi) is 2.35. The van der Waals surface area contributed by atoms with Gasteiger partial charge in [0.25, 0.3) is 0 Å². The Labute approximate surface area is 88.1 Å². The Balaban J connectivity index is 2.12. The summed E-state index contributed by atoms with van der Waals surface area (Å²) < 4.78 is 36.0. The van der Waals surface area contributed by atoms with E-state index >= 15 is 0 Å². The largest absolute Gasteiger partial charge is 0.473 e. The summed E-state index contributed by atoms with van der Waals surface area (Å²) in [5.74, 6) is -2.04. The van der Waals surface area contributed by atoms with E-state index in [0.29, 0.717) is 11.4 Å². The molecule has 5 nitrogen and oxygen atoms in total. The van der Waals surface area contributed by atoms with Gasteiger partial charge in [-0.25, -0.2) is 5.43 Å². The highest BCUT2D eigenvalue weighted by atomic mass is 19.4. The van der Waals surface area contributed by atoms with Crippen LogP contribution in [-0.2, 0) is 4.79 Å². The Hall–Kier alpha value is -1.96. The van der Waals surface area contributed by atoms with Crippen LogP contribution in [0.4, 0.5) is 24.5 Å². The van der Waals surface area contributed by atoms with Gasteiger partial charge < -0.3 is 5.43 Å². The van der Waals surface area contributed by atoms with Gasteiger partial charge in [-0.3, -0.25) is 4.79 Å². The molecular weight excluding hydrogens is 225 g/mol. The minimum atomic E-state index is -4.92. The first-order valence-corrected chi connectivity index (χ1v) is 4.27. The molecule has 1 aromatic carbocycles. The Morgan fingerprint density at radius 2 is 2.00 bits per heavy atom. The topological polar surface area (TPSA) is 56.4 Å². The summed E-state index contributed by atoms with van der Waals surface area (Å²) in [7, 11) is 0. The quantitative estimate of drug-likeness (QED) is 0.674. The summed E-state index contributed by atoms with van der Waals surface area (Å²) in [5.41, 5.74) is 7.63. The second-order valence-corrected chi connectivity index (χ2v) is 3.03. The second kappa shape index (κ2) is 3.56. The van der Waals surface area contributed by atoms with E-state index < -0.39 is 12.1 Å². The molecular formula is C8H7F3N4O. The molecule has 16 heavy (non-hydrogen) atoms. The van der Waals surface area contributed by atoms with Crippen molar-refractivity contribution in [3.05, 3.63) is 24.3 Å². The fraction of sp³-hybridized carbons (Fsp3) is 0.125. The van der Waals surface area contributed by atoms with Crippen molar-refractivity contribution in [3.63, 3.8) is 0 Å². The number of alkyl halides is 3. The number of halogens is 3. The monoisotopic (exact) mass is 232 g/mol. The number of carbonyl (C=O) groups excluding carboxylic acids is 1. The van der Waals surface area contributed by atoms with Gasteiger partial charge >= 0.3 is 12.1 Å². The number of amides is 1. The molecule has 8 heteroatoms. The number of anilines is 2. The molecule has 2 rings (SSSR count). The van der Waals surface area contributed by atoms with Gasteiger partial charge in [-0.15, -0.1) is 5.53 Å². The number of para-hydroxylation sites is 2. The molecule has 0 atom stereocenters. The molecule has 3 N–H and O–H groups in total. The van der Waals surface area contributed by atoms with E-state index in [1.807, 2.05) is 0 Å². The van der Waals surface area contributed by atoms with E-state index in [0.717, 1.165) is 5.12 Å². The molecule has 0 radical (unpaired) electrons. The number of nitrogens with zero attached hydrogens (tertiary/aromatic N) is 1. The lowest BCUT2D eigenvalue weighted by molar-refractivity contribution is -0.173. The zero-order valence-electron chi connectivity index (χ0n) is 7.80. The van der Waals surface area contributed by atoms with Crippen molar-refractivity contribution in [1.29, 1.82) is 0 Å². The zero-order chi connectivity index (χ0) is 11.8. The maximum Gasteiger partial charge on any atom is 0.473 e. The molecule has 0 spiro atoms. The van der Waals surface area contributed by atoms with Crippen LogP contribution in [0.5, 0.6) is 0 Å². The molecule has 1 aliphatic rings. The fourth-order valence-corrected chi connectivity index (χ4v) is 1.20. The van der Waals surface area contributed by atoms with E-state index in [1.165, 1.54) is 0 Å². The van der Waals surface area contributed by atoms with E-state index in [4.69, 9.17) is 0 Å². The van der Waals surface area contributed by atoms with Crippen LogP contribution < -0.4 is 21.5 Å². The van der Waals surface area contributed by atoms with Crippen LogP contribution in [0.1, 0.15) is 0 Å². The van der Waals surface area contributed by atoms with Crippen LogP contribution in [0.2, 0.25) is 0 Å². The number of rotatable bonds is 1. The van der Waals surface area contributed by atoms with Gasteiger partial charge in [0.05, 0.1) is 5.69 Å². The smallest absolute Gasteiger partial charge is 0.300 e. The van der Waals surface area contributed by atoms with Crippen LogP contribution in [0.3, 0.4) is 0 Å². The van der Waals surface area contributed by atoms with Crippen molar-refractivity contribution in [2.24, 2.45) is 0 Å². The number of nitrogens with one attached hydrogen (secondary N) is 3. The molecule has 0 bridgehead atoms.